The average Bonchev–Trinajstić information content (AvgIpc) is 3.40. The first-order chi connectivity index (χ1) is 22.5. The standard InChI is InChI=1S/C35H39N3O9/c1-22(2)19-45-35(42)47-23(3)46-31(39)18-28-17-29(37-33(28)40)21-43-30-15-13-26(14-16-30)25-9-11-27(12-10-25)32(36)38-34(41)44-20-24-7-5-4-6-8-24/h4-16,22-23,28-29H,17-21H2,1-3H3,(H,37,40)(H2,36,38,41)/t23?,28-,29-/m0/s1. The van der Waals surface area contributed by atoms with Crippen molar-refractivity contribution in [2.24, 2.45) is 11.8 Å². The molecule has 3 N–H and O–H groups in total. The molecule has 12 nitrogen and oxygen atoms in total. The molecule has 1 fully saturated rings. The summed E-state index contributed by atoms with van der Waals surface area (Å²) in [6.45, 7) is 5.68. The molecule has 1 unspecified atom stereocenters. The molecular formula is C35H39N3O9. The lowest BCUT2D eigenvalue weighted by molar-refractivity contribution is -0.169. The Hall–Kier alpha value is -5.39. The second-order valence-electron chi connectivity index (χ2n) is 11.4. The van der Waals surface area contributed by atoms with Gasteiger partial charge in [-0.25, -0.2) is 9.59 Å². The Labute approximate surface area is 273 Å². The molecule has 12 heteroatoms. The summed E-state index contributed by atoms with van der Waals surface area (Å²) in [6.07, 6.45) is -2.54. The Morgan fingerprint density at radius 3 is 2.21 bits per heavy atom. The molecular weight excluding hydrogens is 606 g/mol. The van der Waals surface area contributed by atoms with Gasteiger partial charge in [0.05, 0.1) is 25.0 Å². The molecule has 3 atom stereocenters. The fraction of sp³-hybridized carbons (Fsp3) is 0.343. The van der Waals surface area contributed by atoms with Crippen LogP contribution in [0, 0.1) is 17.2 Å². The fourth-order valence-electron chi connectivity index (χ4n) is 4.68. The van der Waals surface area contributed by atoms with Crippen molar-refractivity contribution in [1.29, 1.82) is 5.41 Å². The molecule has 2 amide bonds. The quantitative estimate of drug-likeness (QED) is 0.0708. The Morgan fingerprint density at radius 2 is 1.55 bits per heavy atom. The monoisotopic (exact) mass is 645 g/mol. The number of ether oxygens (including phenoxy) is 5. The Kier molecular flexibility index (Phi) is 12.3. The predicted octanol–water partition coefficient (Wildman–Crippen LogP) is 5.58. The molecule has 47 heavy (non-hydrogen) atoms. The number of esters is 1. The summed E-state index contributed by atoms with van der Waals surface area (Å²) in [4.78, 5) is 48.5. The lowest BCUT2D eigenvalue weighted by Gasteiger charge is -2.15. The van der Waals surface area contributed by atoms with Crippen molar-refractivity contribution in [3.05, 3.63) is 90.0 Å². The number of nitrogens with one attached hydrogen (secondary N) is 3. The molecule has 1 aliphatic rings. The first-order valence-electron chi connectivity index (χ1n) is 15.3. The van der Waals surface area contributed by atoms with Crippen LogP contribution in [0.1, 0.15) is 44.7 Å². The average molecular weight is 646 g/mol. The van der Waals surface area contributed by atoms with E-state index in [-0.39, 0.29) is 49.9 Å². The van der Waals surface area contributed by atoms with E-state index in [0.29, 0.717) is 17.7 Å². The third-order valence-corrected chi connectivity index (χ3v) is 7.05. The van der Waals surface area contributed by atoms with E-state index < -0.39 is 30.4 Å². The molecule has 0 spiro atoms. The zero-order chi connectivity index (χ0) is 33.8. The van der Waals surface area contributed by atoms with Gasteiger partial charge in [-0.1, -0.05) is 80.6 Å². The minimum atomic E-state index is -1.14. The maximum absolute atomic E-state index is 12.4. The first kappa shape index (κ1) is 34.5. The Morgan fingerprint density at radius 1 is 0.894 bits per heavy atom. The number of amides is 2. The molecule has 0 aromatic heterocycles. The van der Waals surface area contributed by atoms with Gasteiger partial charge >= 0.3 is 18.2 Å². The molecule has 0 saturated carbocycles. The van der Waals surface area contributed by atoms with Gasteiger partial charge < -0.3 is 29.0 Å². The van der Waals surface area contributed by atoms with Crippen LogP contribution in [-0.2, 0) is 35.1 Å². The van der Waals surface area contributed by atoms with E-state index in [1.807, 2.05) is 80.6 Å². The number of rotatable bonds is 13. The normalized spacial score (nSPS) is 16.0. The molecule has 1 saturated heterocycles. The van der Waals surface area contributed by atoms with Gasteiger partial charge in [0.2, 0.25) is 12.2 Å². The minimum absolute atomic E-state index is 0.0702. The molecule has 1 heterocycles. The number of hydrogen-bond donors (Lipinski definition) is 3. The van der Waals surface area contributed by atoms with Crippen molar-refractivity contribution < 1.29 is 42.9 Å². The summed E-state index contributed by atoms with van der Waals surface area (Å²) in [5.41, 5.74) is 3.21. The van der Waals surface area contributed by atoms with Crippen LogP contribution in [0.2, 0.25) is 0 Å². The highest BCUT2D eigenvalue weighted by molar-refractivity contribution is 6.04. The van der Waals surface area contributed by atoms with Crippen LogP contribution in [-0.4, -0.2) is 55.5 Å². The van der Waals surface area contributed by atoms with Gasteiger partial charge in [-0.05, 0) is 41.2 Å². The van der Waals surface area contributed by atoms with Gasteiger partial charge in [0.1, 0.15) is 24.8 Å². The molecule has 248 valence electrons. The smallest absolute Gasteiger partial charge is 0.491 e. The molecule has 1 aliphatic heterocycles. The number of amidine groups is 1. The van der Waals surface area contributed by atoms with E-state index in [9.17, 15) is 19.2 Å². The summed E-state index contributed by atoms with van der Waals surface area (Å²) in [5, 5.41) is 13.5. The zero-order valence-corrected chi connectivity index (χ0v) is 26.5. The van der Waals surface area contributed by atoms with Crippen LogP contribution in [0.5, 0.6) is 5.75 Å². The van der Waals surface area contributed by atoms with E-state index in [1.165, 1.54) is 6.92 Å². The van der Waals surface area contributed by atoms with Crippen molar-refractivity contribution in [2.45, 2.75) is 52.6 Å². The maximum atomic E-state index is 12.4. The third-order valence-electron chi connectivity index (χ3n) is 7.05. The van der Waals surface area contributed by atoms with Gasteiger partial charge in [0, 0.05) is 12.5 Å². The predicted molar refractivity (Wildman–Crippen MR) is 171 cm³/mol. The van der Waals surface area contributed by atoms with Gasteiger partial charge in [0.15, 0.2) is 0 Å². The Bertz CT molecular complexity index is 1530. The highest BCUT2D eigenvalue weighted by atomic mass is 16.8. The van der Waals surface area contributed by atoms with Crippen LogP contribution in [0.3, 0.4) is 0 Å². The number of alkyl carbamates (subject to hydrolysis) is 1. The van der Waals surface area contributed by atoms with E-state index in [0.717, 1.165) is 16.7 Å². The van der Waals surface area contributed by atoms with Crippen molar-refractivity contribution in [2.75, 3.05) is 13.2 Å². The number of benzene rings is 3. The molecule has 0 bridgehead atoms. The number of hydrogen-bond acceptors (Lipinski definition) is 10. The number of carbonyl (C=O) groups is 4. The van der Waals surface area contributed by atoms with Crippen molar-refractivity contribution in [1.82, 2.24) is 10.6 Å². The minimum Gasteiger partial charge on any atom is -0.491 e. The van der Waals surface area contributed by atoms with Crippen LogP contribution < -0.4 is 15.4 Å². The molecule has 3 aromatic rings. The van der Waals surface area contributed by atoms with Crippen LogP contribution in [0.4, 0.5) is 9.59 Å². The summed E-state index contributed by atoms with van der Waals surface area (Å²) < 4.78 is 26.0. The zero-order valence-electron chi connectivity index (χ0n) is 26.5. The lowest BCUT2D eigenvalue weighted by atomic mass is 10.0. The summed E-state index contributed by atoms with van der Waals surface area (Å²) in [5.74, 6) is -0.837. The fourth-order valence-corrected chi connectivity index (χ4v) is 4.68. The van der Waals surface area contributed by atoms with E-state index in [1.54, 1.807) is 12.1 Å². The second kappa shape index (κ2) is 16.8. The van der Waals surface area contributed by atoms with Gasteiger partial charge in [-0.2, -0.15) is 0 Å². The SMILES string of the molecule is CC(C)COC(=O)OC(C)OC(=O)C[C@@H]1C[C@@H](COc2ccc(-c3ccc(C(=N)NC(=O)OCc4ccccc4)cc3)cc2)NC1=O. The summed E-state index contributed by atoms with van der Waals surface area (Å²) in [6, 6.07) is 23.6. The van der Waals surface area contributed by atoms with Crippen LogP contribution >= 0.6 is 0 Å². The molecule has 0 radical (unpaired) electrons. The van der Waals surface area contributed by atoms with Crippen molar-refractivity contribution >= 4 is 30.0 Å². The highest BCUT2D eigenvalue weighted by Gasteiger charge is 2.34. The van der Waals surface area contributed by atoms with Crippen molar-refractivity contribution in [3.8, 4) is 16.9 Å². The van der Waals surface area contributed by atoms with E-state index in [4.69, 9.17) is 29.1 Å². The third kappa shape index (κ3) is 11.2. The molecule has 0 aliphatic carbocycles. The maximum Gasteiger partial charge on any atom is 0.511 e. The first-order valence-corrected chi connectivity index (χ1v) is 15.3. The highest BCUT2D eigenvalue weighted by Crippen LogP contribution is 2.25. The second-order valence-corrected chi connectivity index (χ2v) is 11.4. The van der Waals surface area contributed by atoms with Gasteiger partial charge in [-0.3, -0.25) is 20.3 Å². The van der Waals surface area contributed by atoms with Crippen molar-refractivity contribution in [3.63, 3.8) is 0 Å². The van der Waals surface area contributed by atoms with Gasteiger partial charge in [-0.15, -0.1) is 0 Å². The molecule has 3 aromatic carbocycles. The molecule has 4 rings (SSSR count). The largest absolute Gasteiger partial charge is 0.511 e. The summed E-state index contributed by atoms with van der Waals surface area (Å²) >= 11 is 0. The number of carbonyl (C=O) groups excluding carboxylic acids is 4. The van der Waals surface area contributed by atoms with E-state index >= 15 is 0 Å². The van der Waals surface area contributed by atoms with Crippen LogP contribution in [0.25, 0.3) is 11.1 Å². The van der Waals surface area contributed by atoms with E-state index in [2.05, 4.69) is 10.6 Å². The lowest BCUT2D eigenvalue weighted by Crippen LogP contribution is -2.31. The topological polar surface area (TPSA) is 162 Å². The van der Waals surface area contributed by atoms with Crippen LogP contribution in [0.15, 0.2) is 78.9 Å². The van der Waals surface area contributed by atoms with Gasteiger partial charge in [0.25, 0.3) is 0 Å². The Balaban J connectivity index is 1.18. The summed E-state index contributed by atoms with van der Waals surface area (Å²) in [7, 11) is 0.